The van der Waals surface area contributed by atoms with Crippen molar-refractivity contribution in [2.75, 3.05) is 0 Å². The van der Waals surface area contributed by atoms with E-state index < -0.39 is 0 Å². The molecule has 0 amide bonds. The number of aromatic amines is 1. The molecule has 2 heterocycles. The predicted molar refractivity (Wildman–Crippen MR) is 66.3 cm³/mol. The van der Waals surface area contributed by atoms with E-state index in [1.807, 2.05) is 24.7 Å². The lowest BCUT2D eigenvalue weighted by molar-refractivity contribution is 1.27. The van der Waals surface area contributed by atoms with Crippen molar-refractivity contribution in [3.05, 3.63) is 54.6 Å². The first-order valence-corrected chi connectivity index (χ1v) is 5.32. The van der Waals surface area contributed by atoms with Gasteiger partial charge in [-0.25, -0.2) is 0 Å². The van der Waals surface area contributed by atoms with Crippen molar-refractivity contribution in [2.24, 2.45) is 0 Å². The first kappa shape index (κ1) is 9.16. The summed E-state index contributed by atoms with van der Waals surface area (Å²) < 4.78 is 0. The van der Waals surface area contributed by atoms with Crippen LogP contribution in [0.25, 0.3) is 21.9 Å². The van der Waals surface area contributed by atoms with Crippen molar-refractivity contribution < 1.29 is 0 Å². The van der Waals surface area contributed by atoms with Gasteiger partial charge in [0.2, 0.25) is 0 Å². The third-order valence-electron chi connectivity index (χ3n) is 2.80. The van der Waals surface area contributed by atoms with Gasteiger partial charge in [-0.05, 0) is 41.6 Å². The van der Waals surface area contributed by atoms with Gasteiger partial charge in [-0.2, -0.15) is 0 Å². The molecule has 0 unspecified atom stereocenters. The minimum Gasteiger partial charge on any atom is -0.365 e. The fourth-order valence-electron chi connectivity index (χ4n) is 1.94. The van der Waals surface area contributed by atoms with Gasteiger partial charge in [0, 0.05) is 29.7 Å². The van der Waals surface area contributed by atoms with Crippen LogP contribution >= 0.6 is 0 Å². The van der Waals surface area contributed by atoms with E-state index in [0.717, 1.165) is 0 Å². The van der Waals surface area contributed by atoms with Crippen LogP contribution in [-0.2, 0) is 0 Å². The van der Waals surface area contributed by atoms with Crippen LogP contribution in [0.5, 0.6) is 0 Å². The molecule has 0 fully saturated rings. The van der Waals surface area contributed by atoms with Crippen molar-refractivity contribution in [3.8, 4) is 11.1 Å². The van der Waals surface area contributed by atoms with Crippen LogP contribution in [0.2, 0.25) is 0 Å². The number of fused-ring (bicyclic) bond motifs is 1. The fourth-order valence-corrected chi connectivity index (χ4v) is 1.94. The first-order chi connectivity index (χ1) is 7.83. The highest BCUT2D eigenvalue weighted by molar-refractivity contribution is 5.86. The molecule has 0 aliphatic heterocycles. The zero-order valence-electron chi connectivity index (χ0n) is 9.07. The second-order valence-electron chi connectivity index (χ2n) is 4.01. The second kappa shape index (κ2) is 3.49. The van der Waals surface area contributed by atoms with E-state index in [1.165, 1.54) is 27.6 Å². The van der Waals surface area contributed by atoms with Crippen molar-refractivity contribution in [2.45, 2.75) is 6.92 Å². The molecule has 2 heteroatoms. The highest BCUT2D eigenvalue weighted by Gasteiger charge is 2.00. The van der Waals surface area contributed by atoms with Crippen LogP contribution in [0.1, 0.15) is 5.69 Å². The number of nitrogens with zero attached hydrogens (tertiary/aromatic N) is 1. The van der Waals surface area contributed by atoms with Crippen LogP contribution in [-0.4, -0.2) is 9.97 Å². The molecule has 2 nitrogen and oxygen atoms in total. The van der Waals surface area contributed by atoms with E-state index in [2.05, 4.69) is 41.2 Å². The molecule has 0 spiro atoms. The number of hydrogen-bond donors (Lipinski definition) is 1. The number of pyridine rings is 1. The summed E-state index contributed by atoms with van der Waals surface area (Å²) in [5.41, 5.74) is 3.66. The van der Waals surface area contributed by atoms with Gasteiger partial charge in [-0.15, -0.1) is 0 Å². The molecule has 0 radical (unpaired) electrons. The topological polar surface area (TPSA) is 28.7 Å². The molecule has 0 aliphatic rings. The fraction of sp³-hybridized carbons (Fsp3) is 0.0714. The maximum Gasteiger partial charge on any atom is 0.0346 e. The van der Waals surface area contributed by atoms with Crippen molar-refractivity contribution in [1.82, 2.24) is 9.97 Å². The molecular weight excluding hydrogens is 196 g/mol. The average molecular weight is 208 g/mol. The number of rotatable bonds is 1. The standard InChI is InChI=1S/C14H12N2/c1-10-6-14(9-16-10)11-2-3-13-8-15-5-4-12(13)7-11/h2-9,16H,1H3. The maximum atomic E-state index is 4.11. The molecule has 1 N–H and O–H groups in total. The Balaban J connectivity index is 2.18. The van der Waals surface area contributed by atoms with Crippen LogP contribution in [0, 0.1) is 6.92 Å². The Bertz CT molecular complexity index is 638. The Morgan fingerprint density at radius 1 is 1.00 bits per heavy atom. The largest absolute Gasteiger partial charge is 0.365 e. The number of benzene rings is 1. The molecule has 3 aromatic rings. The highest BCUT2D eigenvalue weighted by atomic mass is 14.7. The molecule has 0 saturated carbocycles. The molecule has 0 aliphatic carbocycles. The van der Waals surface area contributed by atoms with Crippen molar-refractivity contribution in [1.29, 1.82) is 0 Å². The first-order valence-electron chi connectivity index (χ1n) is 5.32. The van der Waals surface area contributed by atoms with Gasteiger partial charge < -0.3 is 4.98 Å². The molecule has 0 saturated heterocycles. The Morgan fingerprint density at radius 2 is 1.94 bits per heavy atom. The molecule has 16 heavy (non-hydrogen) atoms. The van der Waals surface area contributed by atoms with Crippen molar-refractivity contribution >= 4 is 10.8 Å². The van der Waals surface area contributed by atoms with Crippen LogP contribution in [0.3, 0.4) is 0 Å². The summed E-state index contributed by atoms with van der Waals surface area (Å²) in [6.07, 6.45) is 5.76. The smallest absolute Gasteiger partial charge is 0.0346 e. The van der Waals surface area contributed by atoms with Gasteiger partial charge in [-0.1, -0.05) is 12.1 Å². The lowest BCUT2D eigenvalue weighted by atomic mass is 10.0. The highest BCUT2D eigenvalue weighted by Crippen LogP contribution is 2.24. The van der Waals surface area contributed by atoms with E-state index in [0.29, 0.717) is 0 Å². The lowest BCUT2D eigenvalue weighted by Crippen LogP contribution is -1.77. The molecule has 3 rings (SSSR count). The minimum atomic E-state index is 1.18. The van der Waals surface area contributed by atoms with E-state index in [9.17, 15) is 0 Å². The SMILES string of the molecule is Cc1cc(-c2ccc3cnccc3c2)c[nH]1. The summed E-state index contributed by atoms with van der Waals surface area (Å²) in [5.74, 6) is 0. The van der Waals surface area contributed by atoms with Gasteiger partial charge in [0.25, 0.3) is 0 Å². The van der Waals surface area contributed by atoms with Crippen molar-refractivity contribution in [3.63, 3.8) is 0 Å². The Labute approximate surface area is 94.0 Å². The van der Waals surface area contributed by atoms with Gasteiger partial charge in [0.1, 0.15) is 0 Å². The normalized spacial score (nSPS) is 10.8. The zero-order chi connectivity index (χ0) is 11.0. The summed E-state index contributed by atoms with van der Waals surface area (Å²) in [4.78, 5) is 7.32. The van der Waals surface area contributed by atoms with Gasteiger partial charge in [0.15, 0.2) is 0 Å². The van der Waals surface area contributed by atoms with Gasteiger partial charge >= 0.3 is 0 Å². The van der Waals surface area contributed by atoms with E-state index in [4.69, 9.17) is 0 Å². The molecule has 0 bridgehead atoms. The third kappa shape index (κ3) is 1.48. The summed E-state index contributed by atoms with van der Waals surface area (Å²) >= 11 is 0. The van der Waals surface area contributed by atoms with E-state index >= 15 is 0 Å². The Hall–Kier alpha value is -2.09. The molecule has 1 aromatic carbocycles. The zero-order valence-corrected chi connectivity index (χ0v) is 9.07. The molecule has 78 valence electrons. The lowest BCUT2D eigenvalue weighted by Gasteiger charge is -2.00. The molecular formula is C14H12N2. The number of aryl methyl sites for hydroxylation is 1. The number of nitrogens with one attached hydrogen (secondary N) is 1. The monoisotopic (exact) mass is 208 g/mol. The van der Waals surface area contributed by atoms with E-state index in [1.54, 1.807) is 0 Å². The summed E-state index contributed by atoms with van der Waals surface area (Å²) in [6, 6.07) is 10.6. The van der Waals surface area contributed by atoms with Crippen LogP contribution < -0.4 is 0 Å². The van der Waals surface area contributed by atoms with Gasteiger partial charge in [0.05, 0.1) is 0 Å². The summed E-state index contributed by atoms with van der Waals surface area (Å²) in [7, 11) is 0. The summed E-state index contributed by atoms with van der Waals surface area (Å²) in [6.45, 7) is 2.06. The van der Waals surface area contributed by atoms with Gasteiger partial charge in [-0.3, -0.25) is 4.98 Å². The molecule has 2 aromatic heterocycles. The maximum absolute atomic E-state index is 4.11. The average Bonchev–Trinajstić information content (AvgIpc) is 2.75. The third-order valence-corrected chi connectivity index (χ3v) is 2.80. The minimum absolute atomic E-state index is 1.18. The predicted octanol–water partition coefficient (Wildman–Crippen LogP) is 3.54. The Morgan fingerprint density at radius 3 is 2.75 bits per heavy atom. The summed E-state index contributed by atoms with van der Waals surface area (Å²) in [5, 5.41) is 2.41. The van der Waals surface area contributed by atoms with Crippen LogP contribution in [0.15, 0.2) is 48.9 Å². The molecule has 0 atom stereocenters. The van der Waals surface area contributed by atoms with E-state index in [-0.39, 0.29) is 0 Å². The number of H-pyrrole nitrogens is 1. The second-order valence-corrected chi connectivity index (χ2v) is 4.01. The number of hydrogen-bond acceptors (Lipinski definition) is 1. The quantitative estimate of drug-likeness (QED) is 0.651. The number of aromatic nitrogens is 2. The van der Waals surface area contributed by atoms with Crippen LogP contribution in [0.4, 0.5) is 0 Å². The Kier molecular flexibility index (Phi) is 2.00.